The van der Waals surface area contributed by atoms with E-state index in [0.29, 0.717) is 30.8 Å². The Hall–Kier alpha value is -1.84. The van der Waals surface area contributed by atoms with Gasteiger partial charge in [0.2, 0.25) is 11.8 Å². The largest absolute Gasteiger partial charge is 0.351 e. The van der Waals surface area contributed by atoms with Crippen molar-refractivity contribution in [2.75, 3.05) is 13.1 Å². The van der Waals surface area contributed by atoms with E-state index in [1.54, 1.807) is 4.90 Å². The van der Waals surface area contributed by atoms with Gasteiger partial charge in [-0.2, -0.15) is 0 Å². The summed E-state index contributed by atoms with van der Waals surface area (Å²) in [5.74, 6) is 3.57. The summed E-state index contributed by atoms with van der Waals surface area (Å²) in [7, 11) is 0. The van der Waals surface area contributed by atoms with Crippen LogP contribution in [0, 0.1) is 23.7 Å². The van der Waals surface area contributed by atoms with E-state index in [1.165, 1.54) is 37.7 Å². The predicted molar refractivity (Wildman–Crippen MR) is 99.4 cm³/mol. The summed E-state index contributed by atoms with van der Waals surface area (Å²) in [6.45, 7) is 0.892. The van der Waals surface area contributed by atoms with Gasteiger partial charge in [-0.15, -0.1) is 0 Å². The zero-order valence-electron chi connectivity index (χ0n) is 15.3. The Bertz CT molecular complexity index is 673. The summed E-state index contributed by atoms with van der Waals surface area (Å²) in [4.78, 5) is 26.8. The van der Waals surface area contributed by atoms with Gasteiger partial charge in [-0.05, 0) is 61.3 Å². The molecule has 138 valence electrons. The summed E-state index contributed by atoms with van der Waals surface area (Å²) in [6.07, 6.45) is 7.16. The van der Waals surface area contributed by atoms with Crippen molar-refractivity contribution in [1.82, 2.24) is 10.2 Å². The van der Waals surface area contributed by atoms with Crippen LogP contribution in [-0.4, -0.2) is 35.8 Å². The van der Waals surface area contributed by atoms with Gasteiger partial charge in [0, 0.05) is 24.9 Å². The first-order chi connectivity index (χ1) is 12.7. The summed E-state index contributed by atoms with van der Waals surface area (Å²) in [5.41, 5.74) is 1.20. The molecule has 0 radical (unpaired) electrons. The molecule has 1 saturated heterocycles. The number of hydrogen-bond acceptors (Lipinski definition) is 2. The van der Waals surface area contributed by atoms with Crippen LogP contribution >= 0.6 is 0 Å². The summed E-state index contributed by atoms with van der Waals surface area (Å²) < 4.78 is 0. The van der Waals surface area contributed by atoms with Crippen LogP contribution in [-0.2, 0) is 9.59 Å². The van der Waals surface area contributed by atoms with Gasteiger partial charge in [0.25, 0.3) is 0 Å². The van der Waals surface area contributed by atoms with Crippen molar-refractivity contribution in [3.05, 3.63) is 35.9 Å². The Balaban J connectivity index is 1.19. The number of nitrogens with one attached hydrogen (secondary N) is 1. The number of carbonyl (C=O) groups is 2. The average molecular weight is 352 g/mol. The molecule has 4 saturated carbocycles. The third-order valence-corrected chi connectivity index (χ3v) is 7.37. The van der Waals surface area contributed by atoms with E-state index in [1.807, 2.05) is 18.2 Å². The molecule has 1 heterocycles. The molecule has 4 heteroatoms. The third kappa shape index (κ3) is 2.93. The predicted octanol–water partition coefficient (Wildman–Crippen LogP) is 2.94. The zero-order chi connectivity index (χ0) is 17.7. The topological polar surface area (TPSA) is 49.4 Å². The Labute approximate surface area is 155 Å². The molecule has 2 amide bonds. The number of hydrogen-bond donors (Lipinski definition) is 1. The molecule has 0 aromatic heterocycles. The van der Waals surface area contributed by atoms with Gasteiger partial charge in [0.1, 0.15) is 0 Å². The lowest BCUT2D eigenvalue weighted by molar-refractivity contribution is -0.134. The lowest BCUT2D eigenvalue weighted by Gasteiger charge is -2.54. The molecule has 1 aromatic carbocycles. The lowest BCUT2D eigenvalue weighted by atomic mass is 9.54. The monoisotopic (exact) mass is 352 g/mol. The van der Waals surface area contributed by atoms with E-state index in [9.17, 15) is 9.59 Å². The first-order valence-electron chi connectivity index (χ1n) is 10.3. The maximum absolute atomic E-state index is 12.7. The SMILES string of the molecule is O=C(CN1C[C@@H](c2ccccc2)CC1=O)NC1C2CC3CC(C2)CC1C3. The molecule has 1 N–H and O–H groups in total. The van der Waals surface area contributed by atoms with Crippen LogP contribution in [0.3, 0.4) is 0 Å². The first kappa shape index (κ1) is 16.3. The lowest BCUT2D eigenvalue weighted by Crippen LogP contribution is -2.57. The van der Waals surface area contributed by atoms with E-state index < -0.39 is 0 Å². The fourth-order valence-electron chi connectivity index (χ4n) is 6.44. The second-order valence-corrected chi connectivity index (χ2v) is 9.11. The van der Waals surface area contributed by atoms with E-state index in [-0.39, 0.29) is 24.3 Å². The minimum absolute atomic E-state index is 0.0459. The molecule has 4 bridgehead atoms. The minimum atomic E-state index is 0.0459. The average Bonchev–Trinajstić information content (AvgIpc) is 2.99. The normalized spacial score (nSPS) is 38.0. The van der Waals surface area contributed by atoms with Crippen LogP contribution in [0.1, 0.15) is 50.0 Å². The molecule has 0 spiro atoms. The van der Waals surface area contributed by atoms with Crippen molar-refractivity contribution in [3.63, 3.8) is 0 Å². The molecule has 26 heavy (non-hydrogen) atoms. The zero-order valence-corrected chi connectivity index (χ0v) is 15.3. The first-order valence-corrected chi connectivity index (χ1v) is 10.3. The van der Waals surface area contributed by atoms with Crippen molar-refractivity contribution in [3.8, 4) is 0 Å². The number of likely N-dealkylation sites (tertiary alicyclic amines) is 1. The van der Waals surface area contributed by atoms with Crippen molar-refractivity contribution >= 4 is 11.8 Å². The number of benzene rings is 1. The van der Waals surface area contributed by atoms with Crippen molar-refractivity contribution in [2.45, 2.75) is 50.5 Å². The summed E-state index contributed by atoms with van der Waals surface area (Å²) >= 11 is 0. The van der Waals surface area contributed by atoms with E-state index in [2.05, 4.69) is 17.4 Å². The van der Waals surface area contributed by atoms with Crippen molar-refractivity contribution in [1.29, 1.82) is 0 Å². The molecule has 1 atom stereocenters. The van der Waals surface area contributed by atoms with Crippen LogP contribution in [0.15, 0.2) is 30.3 Å². The van der Waals surface area contributed by atoms with Crippen LogP contribution < -0.4 is 5.32 Å². The Morgan fingerprint density at radius 3 is 2.31 bits per heavy atom. The fraction of sp³-hybridized carbons (Fsp3) is 0.636. The van der Waals surface area contributed by atoms with Gasteiger partial charge in [-0.3, -0.25) is 9.59 Å². The number of carbonyl (C=O) groups excluding carboxylic acids is 2. The molecular weight excluding hydrogens is 324 g/mol. The molecule has 6 rings (SSSR count). The molecule has 5 aliphatic rings. The summed E-state index contributed by atoms with van der Waals surface area (Å²) in [5, 5.41) is 3.33. The Morgan fingerprint density at radius 2 is 1.65 bits per heavy atom. The highest BCUT2D eigenvalue weighted by Gasteiger charge is 2.48. The molecule has 1 aromatic rings. The van der Waals surface area contributed by atoms with Crippen molar-refractivity contribution in [2.24, 2.45) is 23.7 Å². The highest BCUT2D eigenvalue weighted by Crippen LogP contribution is 2.53. The Kier molecular flexibility index (Phi) is 4.02. The number of rotatable bonds is 4. The van der Waals surface area contributed by atoms with E-state index in [4.69, 9.17) is 0 Å². The van der Waals surface area contributed by atoms with Crippen LogP contribution in [0.4, 0.5) is 0 Å². The maximum Gasteiger partial charge on any atom is 0.239 e. The standard InChI is InChI=1S/C22H28N2O2/c25-20(23-22-17-7-14-6-15(9-17)10-18(22)8-14)13-24-12-19(11-21(24)26)16-4-2-1-3-5-16/h1-5,14-15,17-19,22H,6-13H2,(H,23,25)/t14?,15?,17?,18?,19-,22?/m0/s1. The molecule has 0 unspecified atom stereocenters. The quantitative estimate of drug-likeness (QED) is 0.906. The van der Waals surface area contributed by atoms with Gasteiger partial charge >= 0.3 is 0 Å². The van der Waals surface area contributed by atoms with Crippen molar-refractivity contribution < 1.29 is 9.59 Å². The van der Waals surface area contributed by atoms with Gasteiger partial charge in [0.05, 0.1) is 6.54 Å². The number of amides is 2. The second-order valence-electron chi connectivity index (χ2n) is 9.11. The van der Waals surface area contributed by atoms with E-state index in [0.717, 1.165) is 11.8 Å². The Morgan fingerprint density at radius 1 is 1.00 bits per heavy atom. The fourth-order valence-corrected chi connectivity index (χ4v) is 6.44. The number of nitrogens with zero attached hydrogens (tertiary/aromatic N) is 1. The summed E-state index contributed by atoms with van der Waals surface area (Å²) in [6, 6.07) is 10.5. The van der Waals surface area contributed by atoms with E-state index >= 15 is 0 Å². The molecule has 4 nitrogen and oxygen atoms in total. The smallest absolute Gasteiger partial charge is 0.239 e. The van der Waals surface area contributed by atoms with Crippen LogP contribution in [0.5, 0.6) is 0 Å². The second kappa shape index (κ2) is 6.40. The molecular formula is C22H28N2O2. The van der Waals surface area contributed by atoms with Gasteiger partial charge < -0.3 is 10.2 Å². The van der Waals surface area contributed by atoms with Gasteiger partial charge in [-0.25, -0.2) is 0 Å². The highest BCUT2D eigenvalue weighted by atomic mass is 16.2. The minimum Gasteiger partial charge on any atom is -0.351 e. The highest BCUT2D eigenvalue weighted by molar-refractivity contribution is 5.86. The van der Waals surface area contributed by atoms with Gasteiger partial charge in [0.15, 0.2) is 0 Å². The van der Waals surface area contributed by atoms with Crippen LogP contribution in [0.25, 0.3) is 0 Å². The molecule has 1 aliphatic heterocycles. The third-order valence-electron chi connectivity index (χ3n) is 7.37. The van der Waals surface area contributed by atoms with Gasteiger partial charge in [-0.1, -0.05) is 30.3 Å². The van der Waals surface area contributed by atoms with Crippen LogP contribution in [0.2, 0.25) is 0 Å². The molecule has 4 aliphatic carbocycles. The maximum atomic E-state index is 12.7. The molecule has 5 fully saturated rings.